The van der Waals surface area contributed by atoms with E-state index in [1.165, 1.54) is 5.56 Å². The normalized spacial score (nSPS) is 18.1. The van der Waals surface area contributed by atoms with Crippen LogP contribution in [0.2, 0.25) is 0 Å². The van der Waals surface area contributed by atoms with Gasteiger partial charge in [0.05, 0.1) is 5.60 Å². The lowest BCUT2D eigenvalue weighted by Gasteiger charge is -2.06. The minimum absolute atomic E-state index is 0.286. The van der Waals surface area contributed by atoms with E-state index in [9.17, 15) is 5.11 Å². The third-order valence-electron chi connectivity index (χ3n) is 2.82. The molecule has 0 saturated heterocycles. The van der Waals surface area contributed by atoms with E-state index in [0.717, 1.165) is 36.6 Å². The predicted molar refractivity (Wildman–Crippen MR) is 61.3 cm³/mol. The van der Waals surface area contributed by atoms with Gasteiger partial charge in [-0.05, 0) is 49.8 Å². The van der Waals surface area contributed by atoms with Crippen molar-refractivity contribution in [3.05, 3.63) is 34.3 Å². The van der Waals surface area contributed by atoms with Crippen molar-refractivity contribution in [1.29, 1.82) is 0 Å². The highest BCUT2D eigenvalue weighted by atomic mass is 79.9. The zero-order chi connectivity index (χ0) is 10.0. The van der Waals surface area contributed by atoms with Crippen molar-refractivity contribution in [2.75, 3.05) is 0 Å². The first-order chi connectivity index (χ1) is 6.68. The van der Waals surface area contributed by atoms with E-state index in [2.05, 4.69) is 34.1 Å². The molecule has 1 aliphatic carbocycles. The van der Waals surface area contributed by atoms with Crippen molar-refractivity contribution in [1.82, 2.24) is 0 Å². The molecule has 0 amide bonds. The van der Waals surface area contributed by atoms with Crippen molar-refractivity contribution in [2.24, 2.45) is 0 Å². The van der Waals surface area contributed by atoms with Crippen molar-refractivity contribution < 1.29 is 5.11 Å². The second kappa shape index (κ2) is 4.03. The van der Waals surface area contributed by atoms with Crippen molar-refractivity contribution in [2.45, 2.75) is 37.7 Å². The van der Waals surface area contributed by atoms with Gasteiger partial charge in [0.2, 0.25) is 0 Å². The largest absolute Gasteiger partial charge is 0.390 e. The third-order valence-corrected chi connectivity index (χ3v) is 3.32. The molecule has 0 aliphatic heterocycles. The highest BCUT2D eigenvalue weighted by Crippen LogP contribution is 2.39. The van der Waals surface area contributed by atoms with Gasteiger partial charge in [0.25, 0.3) is 0 Å². The first kappa shape index (κ1) is 10.2. The second-order valence-corrected chi connectivity index (χ2v) is 5.12. The molecule has 2 heteroatoms. The Bertz CT molecular complexity index is 318. The second-order valence-electron chi connectivity index (χ2n) is 4.21. The van der Waals surface area contributed by atoms with E-state index in [-0.39, 0.29) is 5.60 Å². The number of aryl methyl sites for hydroxylation is 1. The third kappa shape index (κ3) is 2.82. The molecule has 1 aliphatic rings. The summed E-state index contributed by atoms with van der Waals surface area (Å²) in [5, 5.41) is 9.65. The topological polar surface area (TPSA) is 20.2 Å². The summed E-state index contributed by atoms with van der Waals surface area (Å²) in [6.07, 6.45) is 5.13. The van der Waals surface area contributed by atoms with E-state index in [1.807, 2.05) is 6.07 Å². The SMILES string of the molecule is OC1(CCCc2cccc(Br)c2)CC1. The van der Waals surface area contributed by atoms with Gasteiger partial charge in [0, 0.05) is 4.47 Å². The van der Waals surface area contributed by atoms with Crippen molar-refractivity contribution >= 4 is 15.9 Å². The Hall–Kier alpha value is -0.340. The molecule has 76 valence electrons. The van der Waals surface area contributed by atoms with Gasteiger partial charge in [0.15, 0.2) is 0 Å². The van der Waals surface area contributed by atoms with Crippen molar-refractivity contribution in [3.63, 3.8) is 0 Å². The molecule has 0 spiro atoms. The van der Waals surface area contributed by atoms with Crippen LogP contribution in [-0.2, 0) is 6.42 Å². The number of halogens is 1. The summed E-state index contributed by atoms with van der Waals surface area (Å²) in [7, 11) is 0. The van der Waals surface area contributed by atoms with E-state index in [1.54, 1.807) is 0 Å². The number of hydrogen-bond acceptors (Lipinski definition) is 1. The Morgan fingerprint density at radius 2 is 2.14 bits per heavy atom. The fraction of sp³-hybridized carbons (Fsp3) is 0.500. The summed E-state index contributed by atoms with van der Waals surface area (Å²) in [6, 6.07) is 8.39. The molecule has 0 atom stereocenters. The molecule has 1 aromatic rings. The maximum absolute atomic E-state index is 9.65. The Kier molecular flexibility index (Phi) is 2.93. The van der Waals surface area contributed by atoms with Gasteiger partial charge in [-0.25, -0.2) is 0 Å². The molecule has 1 aromatic carbocycles. The lowest BCUT2D eigenvalue weighted by atomic mass is 10.1. The number of benzene rings is 1. The molecule has 1 nitrogen and oxygen atoms in total. The van der Waals surface area contributed by atoms with Gasteiger partial charge in [0.1, 0.15) is 0 Å². The van der Waals surface area contributed by atoms with Gasteiger partial charge in [-0.1, -0.05) is 28.1 Å². The zero-order valence-electron chi connectivity index (χ0n) is 8.17. The summed E-state index contributed by atoms with van der Waals surface area (Å²) < 4.78 is 1.14. The summed E-state index contributed by atoms with van der Waals surface area (Å²) >= 11 is 3.46. The first-order valence-electron chi connectivity index (χ1n) is 5.15. The van der Waals surface area contributed by atoms with Gasteiger partial charge in [-0.15, -0.1) is 0 Å². The van der Waals surface area contributed by atoms with Crippen molar-refractivity contribution in [3.8, 4) is 0 Å². The zero-order valence-corrected chi connectivity index (χ0v) is 9.76. The van der Waals surface area contributed by atoms with Gasteiger partial charge in [-0.2, -0.15) is 0 Å². The summed E-state index contributed by atoms with van der Waals surface area (Å²) in [5.74, 6) is 0. The quantitative estimate of drug-likeness (QED) is 0.875. The highest BCUT2D eigenvalue weighted by Gasteiger charge is 2.39. The van der Waals surface area contributed by atoms with E-state index in [0.29, 0.717) is 0 Å². The molecule has 1 saturated carbocycles. The van der Waals surface area contributed by atoms with Crippen LogP contribution in [0.4, 0.5) is 0 Å². The number of aliphatic hydroxyl groups is 1. The van der Waals surface area contributed by atoms with E-state index in [4.69, 9.17) is 0 Å². The molecule has 14 heavy (non-hydrogen) atoms. The molecule has 1 fully saturated rings. The van der Waals surface area contributed by atoms with Gasteiger partial charge < -0.3 is 5.11 Å². The van der Waals surface area contributed by atoms with E-state index < -0.39 is 0 Å². The molecular formula is C12H15BrO. The van der Waals surface area contributed by atoms with Gasteiger partial charge in [-0.3, -0.25) is 0 Å². The predicted octanol–water partition coefficient (Wildman–Crippen LogP) is 3.30. The maximum Gasteiger partial charge on any atom is 0.0650 e. The van der Waals surface area contributed by atoms with Crippen LogP contribution < -0.4 is 0 Å². The average molecular weight is 255 g/mol. The number of rotatable bonds is 4. The summed E-state index contributed by atoms with van der Waals surface area (Å²) in [4.78, 5) is 0. The van der Waals surface area contributed by atoms with Crippen LogP contribution in [0.3, 0.4) is 0 Å². The Balaban J connectivity index is 1.80. The Morgan fingerprint density at radius 1 is 1.36 bits per heavy atom. The van der Waals surface area contributed by atoms with E-state index >= 15 is 0 Å². The van der Waals surface area contributed by atoms with Crippen LogP contribution in [0.25, 0.3) is 0 Å². The van der Waals surface area contributed by atoms with Gasteiger partial charge >= 0.3 is 0 Å². The minimum Gasteiger partial charge on any atom is -0.390 e. The van der Waals surface area contributed by atoms with Crippen LogP contribution in [0.1, 0.15) is 31.2 Å². The Morgan fingerprint density at radius 3 is 2.79 bits per heavy atom. The van der Waals surface area contributed by atoms with Crippen LogP contribution in [0, 0.1) is 0 Å². The minimum atomic E-state index is -0.286. The molecule has 0 radical (unpaired) electrons. The monoisotopic (exact) mass is 254 g/mol. The maximum atomic E-state index is 9.65. The molecule has 1 N–H and O–H groups in total. The summed E-state index contributed by atoms with van der Waals surface area (Å²) in [5.41, 5.74) is 1.06. The highest BCUT2D eigenvalue weighted by molar-refractivity contribution is 9.10. The fourth-order valence-corrected chi connectivity index (χ4v) is 2.15. The molecule has 0 heterocycles. The molecular weight excluding hydrogens is 240 g/mol. The fourth-order valence-electron chi connectivity index (χ4n) is 1.71. The van der Waals surface area contributed by atoms with Crippen LogP contribution >= 0.6 is 15.9 Å². The van der Waals surface area contributed by atoms with Crippen LogP contribution in [-0.4, -0.2) is 10.7 Å². The molecule has 0 bridgehead atoms. The van der Waals surface area contributed by atoms with Crippen LogP contribution in [0.5, 0.6) is 0 Å². The average Bonchev–Trinajstić information content (AvgIpc) is 2.84. The Labute approximate surface area is 93.3 Å². The lowest BCUT2D eigenvalue weighted by molar-refractivity contribution is 0.137. The smallest absolute Gasteiger partial charge is 0.0650 e. The first-order valence-corrected chi connectivity index (χ1v) is 5.94. The molecule has 0 aromatic heterocycles. The summed E-state index contributed by atoms with van der Waals surface area (Å²) in [6.45, 7) is 0. The molecule has 0 unspecified atom stereocenters. The molecule has 2 rings (SSSR count). The lowest BCUT2D eigenvalue weighted by Crippen LogP contribution is -2.06. The standard InChI is InChI=1S/C12H15BrO/c13-11-5-1-3-10(9-11)4-2-6-12(14)7-8-12/h1,3,5,9,14H,2,4,6-8H2. The van der Waals surface area contributed by atoms with Crippen LogP contribution in [0.15, 0.2) is 28.7 Å². The number of hydrogen-bond donors (Lipinski definition) is 1.